The first-order valence-corrected chi connectivity index (χ1v) is 7.08. The zero-order valence-electron chi connectivity index (χ0n) is 12.4. The van der Waals surface area contributed by atoms with Gasteiger partial charge in [-0.2, -0.15) is 10.4 Å². The summed E-state index contributed by atoms with van der Waals surface area (Å²) in [6.07, 6.45) is 5.40. The third-order valence-corrected chi connectivity index (χ3v) is 3.85. The van der Waals surface area contributed by atoms with Crippen LogP contribution in [0, 0.1) is 17.2 Å². The van der Waals surface area contributed by atoms with Gasteiger partial charge in [-0.15, -0.1) is 0 Å². The van der Waals surface area contributed by atoms with E-state index in [1.807, 2.05) is 11.7 Å². The predicted octanol–water partition coefficient (Wildman–Crippen LogP) is 2.50. The summed E-state index contributed by atoms with van der Waals surface area (Å²) in [7, 11) is 1.96. The van der Waals surface area contributed by atoms with E-state index in [-0.39, 0.29) is 11.3 Å². The first-order valence-electron chi connectivity index (χ1n) is 7.08. The van der Waals surface area contributed by atoms with Crippen LogP contribution in [0.15, 0.2) is 6.20 Å². The Balaban J connectivity index is 2.06. The van der Waals surface area contributed by atoms with Crippen LogP contribution in [0.1, 0.15) is 51.3 Å². The van der Waals surface area contributed by atoms with Crippen molar-refractivity contribution < 1.29 is 0 Å². The summed E-state index contributed by atoms with van der Waals surface area (Å²) in [4.78, 5) is 0. The van der Waals surface area contributed by atoms with Gasteiger partial charge in [0.1, 0.15) is 0 Å². The molecule has 0 spiro atoms. The molecule has 0 aromatic carbocycles. The summed E-state index contributed by atoms with van der Waals surface area (Å²) in [6.45, 7) is 7.37. The van der Waals surface area contributed by atoms with Gasteiger partial charge in [0.25, 0.3) is 0 Å². The van der Waals surface area contributed by atoms with Crippen molar-refractivity contribution in [3.63, 3.8) is 0 Å². The number of nitrogens with zero attached hydrogens (tertiary/aromatic N) is 3. The molecule has 2 rings (SSSR count). The molecule has 4 heteroatoms. The van der Waals surface area contributed by atoms with Crippen molar-refractivity contribution >= 4 is 0 Å². The van der Waals surface area contributed by atoms with Crippen LogP contribution in [0.3, 0.4) is 0 Å². The molecule has 0 amide bonds. The number of nitriles is 1. The Bertz CT molecular complexity index is 475. The summed E-state index contributed by atoms with van der Waals surface area (Å²) < 4.78 is 1.88. The Morgan fingerprint density at radius 1 is 1.47 bits per heavy atom. The monoisotopic (exact) mass is 260 g/mol. The van der Waals surface area contributed by atoms with E-state index in [9.17, 15) is 0 Å². The average molecular weight is 260 g/mol. The van der Waals surface area contributed by atoms with Gasteiger partial charge in [-0.3, -0.25) is 4.68 Å². The van der Waals surface area contributed by atoms with Crippen LogP contribution in [-0.2, 0) is 19.0 Å². The Morgan fingerprint density at radius 3 is 2.84 bits per heavy atom. The lowest BCUT2D eigenvalue weighted by molar-refractivity contribution is 0.459. The van der Waals surface area contributed by atoms with Crippen molar-refractivity contribution in [2.75, 3.05) is 0 Å². The second-order valence-electron chi connectivity index (χ2n) is 6.58. The molecule has 1 saturated carbocycles. The van der Waals surface area contributed by atoms with Gasteiger partial charge in [0.15, 0.2) is 0 Å². The Kier molecular flexibility index (Phi) is 3.96. The van der Waals surface area contributed by atoms with Crippen LogP contribution in [0.2, 0.25) is 0 Å². The fraction of sp³-hybridized carbons (Fsp3) is 0.733. The molecule has 19 heavy (non-hydrogen) atoms. The zero-order chi connectivity index (χ0) is 14.0. The molecular weight excluding hydrogens is 236 g/mol. The van der Waals surface area contributed by atoms with Gasteiger partial charge in [-0.25, -0.2) is 0 Å². The lowest BCUT2D eigenvalue weighted by Crippen LogP contribution is -2.32. The van der Waals surface area contributed by atoms with Crippen LogP contribution in [0.5, 0.6) is 0 Å². The second-order valence-corrected chi connectivity index (χ2v) is 6.58. The van der Waals surface area contributed by atoms with Gasteiger partial charge in [-0.05, 0) is 12.8 Å². The molecule has 0 aliphatic heterocycles. The van der Waals surface area contributed by atoms with E-state index < -0.39 is 0 Å². The predicted molar refractivity (Wildman–Crippen MR) is 75.5 cm³/mol. The van der Waals surface area contributed by atoms with Crippen molar-refractivity contribution in [1.29, 1.82) is 5.26 Å². The van der Waals surface area contributed by atoms with Gasteiger partial charge in [-0.1, -0.05) is 27.2 Å². The van der Waals surface area contributed by atoms with Crippen molar-refractivity contribution in [2.24, 2.45) is 13.0 Å². The molecule has 1 fully saturated rings. The minimum atomic E-state index is 0.0581. The number of hydrogen-bond donors (Lipinski definition) is 1. The second kappa shape index (κ2) is 5.34. The lowest BCUT2D eigenvalue weighted by atomic mass is 9.89. The number of rotatable bonds is 3. The van der Waals surface area contributed by atoms with E-state index in [1.54, 1.807) is 0 Å². The molecule has 0 saturated heterocycles. The average Bonchev–Trinajstić information content (AvgIpc) is 2.91. The highest BCUT2D eigenvalue weighted by Crippen LogP contribution is 2.27. The molecule has 0 radical (unpaired) electrons. The summed E-state index contributed by atoms with van der Waals surface area (Å²) >= 11 is 0. The van der Waals surface area contributed by atoms with E-state index >= 15 is 0 Å². The molecule has 1 N–H and O–H groups in total. The number of hydrogen-bond acceptors (Lipinski definition) is 3. The highest BCUT2D eigenvalue weighted by Gasteiger charge is 2.28. The summed E-state index contributed by atoms with van der Waals surface area (Å²) in [5, 5.41) is 17.2. The molecule has 1 aromatic rings. The van der Waals surface area contributed by atoms with Crippen LogP contribution in [-0.4, -0.2) is 15.8 Å². The fourth-order valence-electron chi connectivity index (χ4n) is 2.90. The van der Waals surface area contributed by atoms with Gasteiger partial charge >= 0.3 is 0 Å². The molecule has 1 aromatic heterocycles. The van der Waals surface area contributed by atoms with Gasteiger partial charge in [0, 0.05) is 36.8 Å². The maximum Gasteiger partial charge on any atom is 0.0722 e. The quantitative estimate of drug-likeness (QED) is 0.908. The van der Waals surface area contributed by atoms with Gasteiger partial charge in [0.2, 0.25) is 0 Å². The molecule has 1 aliphatic rings. The SMILES string of the molecule is Cn1cc(CNC2CCCC2C#N)c(C(C)(C)C)n1. The van der Waals surface area contributed by atoms with E-state index in [2.05, 4.69) is 43.5 Å². The summed E-state index contributed by atoms with van der Waals surface area (Å²) in [5.41, 5.74) is 2.45. The first kappa shape index (κ1) is 14.1. The minimum Gasteiger partial charge on any atom is -0.308 e. The van der Waals surface area contributed by atoms with Crippen LogP contribution in [0.4, 0.5) is 0 Å². The van der Waals surface area contributed by atoms with Gasteiger partial charge in [0.05, 0.1) is 17.7 Å². The molecule has 1 heterocycles. The Morgan fingerprint density at radius 2 is 2.21 bits per heavy atom. The Labute approximate surface area is 115 Å². The smallest absolute Gasteiger partial charge is 0.0722 e. The minimum absolute atomic E-state index is 0.0581. The van der Waals surface area contributed by atoms with Crippen LogP contribution in [0.25, 0.3) is 0 Å². The van der Waals surface area contributed by atoms with E-state index in [1.165, 1.54) is 5.56 Å². The van der Waals surface area contributed by atoms with Crippen molar-refractivity contribution in [3.8, 4) is 6.07 Å². The lowest BCUT2D eigenvalue weighted by Gasteiger charge is -2.20. The molecule has 2 unspecified atom stereocenters. The molecule has 104 valence electrons. The molecule has 2 atom stereocenters. The van der Waals surface area contributed by atoms with Crippen LogP contribution >= 0.6 is 0 Å². The molecule has 1 aliphatic carbocycles. The molecular formula is C15H24N4. The first-order chi connectivity index (χ1) is 8.91. The van der Waals surface area contributed by atoms with Gasteiger partial charge < -0.3 is 5.32 Å². The fourth-order valence-corrected chi connectivity index (χ4v) is 2.90. The normalized spacial score (nSPS) is 23.5. The maximum absolute atomic E-state index is 9.12. The highest BCUT2D eigenvalue weighted by atomic mass is 15.3. The standard InChI is InChI=1S/C15H24N4/c1-15(2,3)14-12(10-19(4)18-14)9-17-13-7-5-6-11(13)8-16/h10-11,13,17H,5-7,9H2,1-4H3. The maximum atomic E-state index is 9.12. The van der Waals surface area contributed by atoms with Crippen LogP contribution < -0.4 is 5.32 Å². The summed E-state index contributed by atoms with van der Waals surface area (Å²) in [6, 6.07) is 2.76. The van der Waals surface area contributed by atoms with E-state index in [4.69, 9.17) is 5.26 Å². The highest BCUT2D eigenvalue weighted by molar-refractivity contribution is 5.24. The molecule has 4 nitrogen and oxygen atoms in total. The zero-order valence-corrected chi connectivity index (χ0v) is 12.4. The number of aryl methyl sites for hydroxylation is 1. The Hall–Kier alpha value is -1.34. The third-order valence-electron chi connectivity index (χ3n) is 3.85. The topological polar surface area (TPSA) is 53.6 Å². The largest absolute Gasteiger partial charge is 0.308 e. The third kappa shape index (κ3) is 3.16. The van der Waals surface area contributed by atoms with E-state index in [0.29, 0.717) is 6.04 Å². The van der Waals surface area contributed by atoms with Crippen molar-refractivity contribution in [3.05, 3.63) is 17.5 Å². The molecule has 0 bridgehead atoms. The van der Waals surface area contributed by atoms with Crippen molar-refractivity contribution in [1.82, 2.24) is 15.1 Å². The number of nitrogens with one attached hydrogen (secondary N) is 1. The number of aromatic nitrogens is 2. The van der Waals surface area contributed by atoms with E-state index in [0.717, 1.165) is 31.5 Å². The van der Waals surface area contributed by atoms with Crippen molar-refractivity contribution in [2.45, 2.75) is 58.0 Å². The summed E-state index contributed by atoms with van der Waals surface area (Å²) in [5.74, 6) is 0.176.